The van der Waals surface area contributed by atoms with Crippen LogP contribution in [0.25, 0.3) is 10.2 Å². The second-order valence-corrected chi connectivity index (χ2v) is 9.71. The Morgan fingerprint density at radius 2 is 1.88 bits per heavy atom. The van der Waals surface area contributed by atoms with Gasteiger partial charge in [0.25, 0.3) is 0 Å². The molecule has 0 spiro atoms. The molecule has 2 aromatic rings. The number of piperidine rings is 1. The van der Waals surface area contributed by atoms with Crippen LogP contribution in [0.1, 0.15) is 43.0 Å². The third kappa shape index (κ3) is 3.59. The highest BCUT2D eigenvalue weighted by Gasteiger charge is 2.29. The molecule has 2 aliphatic heterocycles. The van der Waals surface area contributed by atoms with Gasteiger partial charge in [-0.25, -0.2) is 9.97 Å². The number of aryl methyl sites for hydroxylation is 2. The number of morpholine rings is 1. The third-order valence-electron chi connectivity index (χ3n) is 5.72. The Bertz CT molecular complexity index is 795. The number of thiophene rings is 1. The Kier molecular flexibility index (Phi) is 4.92. The first-order chi connectivity index (χ1) is 12.4. The summed E-state index contributed by atoms with van der Waals surface area (Å²) in [6.07, 6.45) is 2.53. The van der Waals surface area contributed by atoms with Crippen LogP contribution in [-0.4, -0.2) is 54.3 Å². The molecule has 0 unspecified atom stereocenters. The summed E-state index contributed by atoms with van der Waals surface area (Å²) in [7, 11) is 0. The molecule has 2 aliphatic rings. The van der Waals surface area contributed by atoms with Crippen molar-refractivity contribution in [3.05, 3.63) is 16.3 Å². The van der Waals surface area contributed by atoms with Gasteiger partial charge in [-0.3, -0.25) is 4.90 Å². The first kappa shape index (κ1) is 18.1. The number of nitrogens with zero attached hydrogens (tertiary/aromatic N) is 4. The number of rotatable bonds is 3. The summed E-state index contributed by atoms with van der Waals surface area (Å²) in [5.74, 6) is 2.12. The van der Waals surface area contributed by atoms with Crippen molar-refractivity contribution in [3.8, 4) is 0 Å². The molecule has 26 heavy (non-hydrogen) atoms. The number of ether oxygens (including phenoxy) is 1. The van der Waals surface area contributed by atoms with Gasteiger partial charge in [-0.1, -0.05) is 13.8 Å². The van der Waals surface area contributed by atoms with E-state index in [-0.39, 0.29) is 0 Å². The second-order valence-electron chi connectivity index (χ2n) is 8.50. The molecular formula is C20H30N4OS. The lowest BCUT2D eigenvalue weighted by Crippen LogP contribution is -2.41. The number of hydrogen-bond acceptors (Lipinski definition) is 6. The van der Waals surface area contributed by atoms with Crippen molar-refractivity contribution in [3.63, 3.8) is 0 Å². The van der Waals surface area contributed by atoms with Gasteiger partial charge in [0.05, 0.1) is 25.1 Å². The highest BCUT2D eigenvalue weighted by atomic mass is 32.1. The molecule has 0 atom stereocenters. The SMILES string of the molecule is Cc1sc2nc(CN3CCOCC3)nc(N3CCCC(C)(C)C3)c2c1C. The summed E-state index contributed by atoms with van der Waals surface area (Å²) in [5.41, 5.74) is 1.69. The molecule has 0 radical (unpaired) electrons. The minimum Gasteiger partial charge on any atom is -0.379 e. The Hall–Kier alpha value is -1.24. The molecule has 4 rings (SSSR count). The zero-order chi connectivity index (χ0) is 18.3. The Balaban J connectivity index is 1.73. The lowest BCUT2D eigenvalue weighted by atomic mass is 9.84. The highest BCUT2D eigenvalue weighted by Crippen LogP contribution is 2.38. The van der Waals surface area contributed by atoms with Crippen molar-refractivity contribution in [2.75, 3.05) is 44.3 Å². The molecular weight excluding hydrogens is 344 g/mol. The predicted molar refractivity (Wildman–Crippen MR) is 108 cm³/mol. The van der Waals surface area contributed by atoms with Gasteiger partial charge < -0.3 is 9.64 Å². The highest BCUT2D eigenvalue weighted by molar-refractivity contribution is 7.18. The van der Waals surface area contributed by atoms with Gasteiger partial charge in [0, 0.05) is 31.1 Å². The van der Waals surface area contributed by atoms with Gasteiger partial charge in [-0.05, 0) is 37.7 Å². The van der Waals surface area contributed by atoms with E-state index in [1.807, 2.05) is 11.3 Å². The van der Waals surface area contributed by atoms with Gasteiger partial charge in [-0.15, -0.1) is 11.3 Å². The molecule has 4 heterocycles. The van der Waals surface area contributed by atoms with Crippen LogP contribution < -0.4 is 4.90 Å². The maximum Gasteiger partial charge on any atom is 0.146 e. The number of aromatic nitrogens is 2. The van der Waals surface area contributed by atoms with Crippen LogP contribution in [-0.2, 0) is 11.3 Å². The Morgan fingerprint density at radius 3 is 2.62 bits per heavy atom. The second kappa shape index (κ2) is 7.06. The minimum absolute atomic E-state index is 0.346. The van der Waals surface area contributed by atoms with E-state index in [2.05, 4.69) is 37.5 Å². The number of hydrogen-bond donors (Lipinski definition) is 0. The normalized spacial score (nSPS) is 21.5. The van der Waals surface area contributed by atoms with Crippen molar-refractivity contribution in [2.24, 2.45) is 5.41 Å². The topological polar surface area (TPSA) is 41.5 Å². The predicted octanol–water partition coefficient (Wildman–Crippen LogP) is 3.77. The molecule has 6 heteroatoms. The largest absolute Gasteiger partial charge is 0.379 e. The van der Waals surface area contributed by atoms with Crippen LogP contribution in [0, 0.1) is 19.3 Å². The van der Waals surface area contributed by atoms with Crippen LogP contribution in [0.4, 0.5) is 5.82 Å². The van der Waals surface area contributed by atoms with E-state index in [1.165, 1.54) is 28.7 Å². The fraction of sp³-hybridized carbons (Fsp3) is 0.700. The quantitative estimate of drug-likeness (QED) is 0.818. The third-order valence-corrected chi connectivity index (χ3v) is 6.83. The van der Waals surface area contributed by atoms with E-state index in [9.17, 15) is 0 Å². The van der Waals surface area contributed by atoms with Gasteiger partial charge >= 0.3 is 0 Å². The average Bonchev–Trinajstić information content (AvgIpc) is 2.88. The zero-order valence-corrected chi connectivity index (χ0v) is 17.3. The molecule has 2 fully saturated rings. The smallest absolute Gasteiger partial charge is 0.146 e. The number of anilines is 1. The first-order valence-corrected chi connectivity index (χ1v) is 10.6. The van der Waals surface area contributed by atoms with Crippen LogP contribution >= 0.6 is 11.3 Å². The van der Waals surface area contributed by atoms with E-state index in [0.717, 1.165) is 62.4 Å². The van der Waals surface area contributed by atoms with Gasteiger partial charge in [0.1, 0.15) is 16.5 Å². The lowest BCUT2D eigenvalue weighted by Gasteiger charge is -2.39. The summed E-state index contributed by atoms with van der Waals surface area (Å²) in [6.45, 7) is 15.7. The van der Waals surface area contributed by atoms with Crippen molar-refractivity contribution < 1.29 is 4.74 Å². The molecule has 0 saturated carbocycles. The molecule has 0 N–H and O–H groups in total. The van der Waals surface area contributed by atoms with Crippen LogP contribution in [0.5, 0.6) is 0 Å². The number of fused-ring (bicyclic) bond motifs is 1. The molecule has 142 valence electrons. The fourth-order valence-electron chi connectivity index (χ4n) is 4.13. The van der Waals surface area contributed by atoms with E-state index in [4.69, 9.17) is 14.7 Å². The maximum absolute atomic E-state index is 5.48. The van der Waals surface area contributed by atoms with Crippen molar-refractivity contribution in [1.82, 2.24) is 14.9 Å². The first-order valence-electron chi connectivity index (χ1n) is 9.75. The summed E-state index contributed by atoms with van der Waals surface area (Å²) in [6, 6.07) is 0. The molecule has 0 aromatic carbocycles. The van der Waals surface area contributed by atoms with E-state index < -0.39 is 0 Å². The molecule has 0 bridgehead atoms. The van der Waals surface area contributed by atoms with Crippen molar-refractivity contribution >= 4 is 27.4 Å². The fourth-order valence-corrected chi connectivity index (χ4v) is 5.18. The Morgan fingerprint density at radius 1 is 1.12 bits per heavy atom. The molecule has 0 amide bonds. The van der Waals surface area contributed by atoms with E-state index >= 15 is 0 Å². The van der Waals surface area contributed by atoms with Crippen LogP contribution in [0.3, 0.4) is 0 Å². The van der Waals surface area contributed by atoms with Gasteiger partial charge in [0.15, 0.2) is 0 Å². The van der Waals surface area contributed by atoms with Gasteiger partial charge in [0.2, 0.25) is 0 Å². The van der Waals surface area contributed by atoms with Crippen LogP contribution in [0.2, 0.25) is 0 Å². The monoisotopic (exact) mass is 374 g/mol. The zero-order valence-electron chi connectivity index (χ0n) is 16.5. The summed E-state index contributed by atoms with van der Waals surface area (Å²) >= 11 is 1.81. The lowest BCUT2D eigenvalue weighted by molar-refractivity contribution is 0.0331. The van der Waals surface area contributed by atoms with Crippen molar-refractivity contribution in [2.45, 2.75) is 47.1 Å². The average molecular weight is 375 g/mol. The van der Waals surface area contributed by atoms with E-state index in [0.29, 0.717) is 5.41 Å². The maximum atomic E-state index is 5.48. The summed E-state index contributed by atoms with van der Waals surface area (Å²) in [5, 5.41) is 1.27. The minimum atomic E-state index is 0.346. The molecule has 5 nitrogen and oxygen atoms in total. The molecule has 2 saturated heterocycles. The van der Waals surface area contributed by atoms with Gasteiger partial charge in [-0.2, -0.15) is 0 Å². The summed E-state index contributed by atoms with van der Waals surface area (Å²) < 4.78 is 5.48. The summed E-state index contributed by atoms with van der Waals surface area (Å²) in [4.78, 5) is 17.5. The Labute approximate surface area is 160 Å². The molecule has 0 aliphatic carbocycles. The van der Waals surface area contributed by atoms with E-state index in [1.54, 1.807) is 0 Å². The molecule has 2 aromatic heterocycles. The van der Waals surface area contributed by atoms with Crippen LogP contribution in [0.15, 0.2) is 0 Å². The standard InChI is InChI=1S/C20H30N4OS/c1-14-15(2)26-19-17(14)18(24-7-5-6-20(3,4)13-24)21-16(22-19)12-23-8-10-25-11-9-23/h5-13H2,1-4H3. The van der Waals surface area contributed by atoms with Crippen molar-refractivity contribution in [1.29, 1.82) is 0 Å².